The van der Waals surface area contributed by atoms with Gasteiger partial charge in [-0.2, -0.15) is 0 Å². The predicted octanol–water partition coefficient (Wildman–Crippen LogP) is 4.97. The maximum atomic E-state index is 13.0. The van der Waals surface area contributed by atoms with Gasteiger partial charge in [-0.3, -0.25) is 14.9 Å². The van der Waals surface area contributed by atoms with Gasteiger partial charge in [0.05, 0.1) is 12.3 Å². The van der Waals surface area contributed by atoms with Crippen LogP contribution in [0.15, 0.2) is 54.1 Å². The van der Waals surface area contributed by atoms with Crippen LogP contribution >= 0.6 is 11.6 Å². The number of halogens is 1. The summed E-state index contributed by atoms with van der Waals surface area (Å²) >= 11 is 6.12. The highest BCUT2D eigenvalue weighted by Crippen LogP contribution is 2.28. The summed E-state index contributed by atoms with van der Waals surface area (Å²) in [7, 11) is 0. The van der Waals surface area contributed by atoms with Crippen LogP contribution in [0.3, 0.4) is 0 Å². The minimum atomic E-state index is -0.785. The highest BCUT2D eigenvalue weighted by Gasteiger charge is 2.36. The third-order valence-corrected chi connectivity index (χ3v) is 4.88. The van der Waals surface area contributed by atoms with E-state index in [-0.39, 0.29) is 5.57 Å². The first-order chi connectivity index (χ1) is 14.5. The van der Waals surface area contributed by atoms with Crippen LogP contribution < -0.4 is 15.0 Å². The molecule has 0 spiro atoms. The molecule has 2 aromatic carbocycles. The van der Waals surface area contributed by atoms with Gasteiger partial charge in [-0.25, -0.2) is 9.69 Å². The van der Waals surface area contributed by atoms with E-state index in [2.05, 4.69) is 12.2 Å². The van der Waals surface area contributed by atoms with Gasteiger partial charge in [0.15, 0.2) is 0 Å². The molecule has 1 saturated heterocycles. The first kappa shape index (κ1) is 21.6. The molecule has 30 heavy (non-hydrogen) atoms. The molecular weight excluding hydrogens is 404 g/mol. The Bertz CT molecular complexity index is 972. The number of rotatable bonds is 8. The number of barbiturate groups is 1. The fraction of sp³-hybridized carbons (Fsp3) is 0.261. The minimum Gasteiger partial charge on any atom is -0.493 e. The van der Waals surface area contributed by atoms with Crippen LogP contribution in [0.5, 0.6) is 5.75 Å². The number of ether oxygens (including phenoxy) is 1. The normalized spacial score (nSPS) is 15.5. The summed E-state index contributed by atoms with van der Waals surface area (Å²) in [6.45, 7) is 2.66. The number of imide groups is 2. The second-order valence-electron chi connectivity index (χ2n) is 6.88. The molecule has 1 aliphatic rings. The van der Waals surface area contributed by atoms with Crippen molar-refractivity contribution in [1.82, 2.24) is 5.32 Å². The van der Waals surface area contributed by atoms with Crippen molar-refractivity contribution >= 4 is 41.2 Å². The van der Waals surface area contributed by atoms with E-state index >= 15 is 0 Å². The Morgan fingerprint density at radius 2 is 1.80 bits per heavy atom. The van der Waals surface area contributed by atoms with Crippen LogP contribution in [0.25, 0.3) is 6.08 Å². The maximum Gasteiger partial charge on any atom is 0.335 e. The van der Waals surface area contributed by atoms with E-state index in [1.54, 1.807) is 48.5 Å². The van der Waals surface area contributed by atoms with Gasteiger partial charge in [-0.15, -0.1) is 0 Å². The molecule has 0 aliphatic carbocycles. The van der Waals surface area contributed by atoms with E-state index in [4.69, 9.17) is 16.3 Å². The van der Waals surface area contributed by atoms with Crippen molar-refractivity contribution in [3.63, 3.8) is 0 Å². The summed E-state index contributed by atoms with van der Waals surface area (Å²) in [5.41, 5.74) is 0.701. The first-order valence-electron chi connectivity index (χ1n) is 9.90. The van der Waals surface area contributed by atoms with E-state index in [1.165, 1.54) is 6.08 Å². The number of hydrogen-bond donors (Lipinski definition) is 1. The Hall–Kier alpha value is -3.12. The summed E-state index contributed by atoms with van der Waals surface area (Å²) in [6, 6.07) is 12.7. The van der Waals surface area contributed by atoms with E-state index in [9.17, 15) is 14.4 Å². The van der Waals surface area contributed by atoms with Gasteiger partial charge in [-0.05, 0) is 42.8 Å². The number of urea groups is 1. The molecule has 1 N–H and O–H groups in total. The van der Waals surface area contributed by atoms with Crippen molar-refractivity contribution in [2.45, 2.75) is 32.6 Å². The quantitative estimate of drug-likeness (QED) is 0.367. The monoisotopic (exact) mass is 426 g/mol. The summed E-state index contributed by atoms with van der Waals surface area (Å²) in [4.78, 5) is 38.6. The Labute approximate surface area is 180 Å². The van der Waals surface area contributed by atoms with E-state index < -0.39 is 17.8 Å². The van der Waals surface area contributed by atoms with E-state index in [0.29, 0.717) is 28.6 Å². The van der Waals surface area contributed by atoms with Crippen molar-refractivity contribution in [1.29, 1.82) is 0 Å². The minimum absolute atomic E-state index is 0.170. The molecular formula is C23H23ClN2O4. The Morgan fingerprint density at radius 3 is 2.53 bits per heavy atom. The lowest BCUT2D eigenvalue weighted by Crippen LogP contribution is -2.54. The topological polar surface area (TPSA) is 75.7 Å². The molecule has 1 heterocycles. The van der Waals surface area contributed by atoms with Crippen molar-refractivity contribution in [2.75, 3.05) is 11.5 Å². The Kier molecular flexibility index (Phi) is 7.25. The van der Waals surface area contributed by atoms with Crippen LogP contribution in [-0.2, 0) is 9.59 Å². The van der Waals surface area contributed by atoms with Crippen molar-refractivity contribution < 1.29 is 19.1 Å². The van der Waals surface area contributed by atoms with Crippen molar-refractivity contribution in [3.05, 3.63) is 64.7 Å². The molecule has 2 aromatic rings. The maximum absolute atomic E-state index is 13.0. The highest BCUT2D eigenvalue weighted by atomic mass is 35.5. The lowest BCUT2D eigenvalue weighted by Gasteiger charge is -2.26. The van der Waals surface area contributed by atoms with Crippen LogP contribution in [0, 0.1) is 0 Å². The molecule has 1 fully saturated rings. The van der Waals surface area contributed by atoms with Crippen LogP contribution in [0.4, 0.5) is 10.5 Å². The second kappa shape index (κ2) is 10.1. The van der Waals surface area contributed by atoms with Gasteiger partial charge < -0.3 is 4.74 Å². The number of carbonyl (C=O) groups excluding carboxylic acids is 3. The van der Waals surface area contributed by atoms with Crippen LogP contribution in [0.1, 0.15) is 38.2 Å². The zero-order valence-electron chi connectivity index (χ0n) is 16.7. The van der Waals surface area contributed by atoms with Gasteiger partial charge in [0, 0.05) is 10.6 Å². The SMILES string of the molecule is CCCCCCOc1ccc(Cl)cc1/C=C1/C(=O)NC(=O)N(c2ccccc2)C1=O. The molecule has 6 nitrogen and oxygen atoms in total. The van der Waals surface area contributed by atoms with Gasteiger partial charge >= 0.3 is 6.03 Å². The summed E-state index contributed by atoms with van der Waals surface area (Å²) in [6.07, 6.45) is 5.65. The standard InChI is InChI=1S/C23H23ClN2O4/c1-2-3-4-8-13-30-20-12-11-17(24)14-16(20)15-19-21(27)25-23(29)26(22(19)28)18-9-6-5-7-10-18/h5-7,9-12,14-15H,2-4,8,13H2,1H3,(H,25,27,29)/b19-15-. The molecule has 0 unspecified atom stereocenters. The second-order valence-corrected chi connectivity index (χ2v) is 7.32. The number of anilines is 1. The number of nitrogens with one attached hydrogen (secondary N) is 1. The largest absolute Gasteiger partial charge is 0.493 e. The first-order valence-corrected chi connectivity index (χ1v) is 10.3. The number of carbonyl (C=O) groups is 3. The third-order valence-electron chi connectivity index (χ3n) is 4.64. The number of amides is 4. The van der Waals surface area contributed by atoms with E-state index in [1.807, 2.05) is 0 Å². The fourth-order valence-corrected chi connectivity index (χ4v) is 3.28. The lowest BCUT2D eigenvalue weighted by molar-refractivity contribution is -0.122. The number of unbranched alkanes of at least 4 members (excludes halogenated alkanes) is 3. The summed E-state index contributed by atoms with van der Waals surface area (Å²) in [5.74, 6) is -0.943. The van der Waals surface area contributed by atoms with Crippen molar-refractivity contribution in [3.8, 4) is 5.75 Å². The Balaban J connectivity index is 1.89. The molecule has 0 bridgehead atoms. The summed E-state index contributed by atoms with van der Waals surface area (Å²) < 4.78 is 5.86. The average Bonchev–Trinajstić information content (AvgIpc) is 2.73. The Morgan fingerprint density at radius 1 is 1.03 bits per heavy atom. The highest BCUT2D eigenvalue weighted by molar-refractivity contribution is 6.39. The molecule has 7 heteroatoms. The number of benzene rings is 2. The molecule has 0 radical (unpaired) electrons. The molecule has 3 rings (SSSR count). The molecule has 4 amide bonds. The molecule has 156 valence electrons. The molecule has 1 aliphatic heterocycles. The zero-order valence-corrected chi connectivity index (χ0v) is 17.4. The van der Waals surface area contributed by atoms with E-state index in [0.717, 1.165) is 30.6 Å². The number of nitrogens with zero attached hydrogens (tertiary/aromatic N) is 1. The van der Waals surface area contributed by atoms with Gasteiger partial charge in [0.2, 0.25) is 0 Å². The molecule has 0 aromatic heterocycles. The fourth-order valence-electron chi connectivity index (χ4n) is 3.10. The number of para-hydroxylation sites is 1. The number of hydrogen-bond acceptors (Lipinski definition) is 4. The van der Waals surface area contributed by atoms with Gasteiger partial charge in [0.25, 0.3) is 11.8 Å². The lowest BCUT2D eigenvalue weighted by atomic mass is 10.1. The van der Waals surface area contributed by atoms with Crippen LogP contribution in [0.2, 0.25) is 5.02 Å². The van der Waals surface area contributed by atoms with Crippen molar-refractivity contribution in [2.24, 2.45) is 0 Å². The molecule has 0 atom stereocenters. The van der Waals surface area contributed by atoms with Gasteiger partial charge in [-0.1, -0.05) is 56.0 Å². The zero-order chi connectivity index (χ0) is 21.5. The third kappa shape index (κ3) is 5.07. The smallest absolute Gasteiger partial charge is 0.335 e. The average molecular weight is 427 g/mol. The van der Waals surface area contributed by atoms with Gasteiger partial charge in [0.1, 0.15) is 11.3 Å². The summed E-state index contributed by atoms with van der Waals surface area (Å²) in [5, 5.41) is 2.66. The van der Waals surface area contributed by atoms with Crippen LogP contribution in [-0.4, -0.2) is 24.5 Å². The predicted molar refractivity (Wildman–Crippen MR) is 117 cm³/mol. The molecule has 0 saturated carbocycles.